The third-order valence-corrected chi connectivity index (χ3v) is 4.96. The Bertz CT molecular complexity index is 1030. The van der Waals surface area contributed by atoms with Gasteiger partial charge in [0.2, 0.25) is 12.3 Å². The molecule has 1 aliphatic heterocycles. The first kappa shape index (κ1) is 18.0. The third kappa shape index (κ3) is 3.66. The highest BCUT2D eigenvalue weighted by Crippen LogP contribution is 2.21. The molecule has 0 amide bonds. The van der Waals surface area contributed by atoms with Crippen molar-refractivity contribution in [2.45, 2.75) is 38.8 Å². The van der Waals surface area contributed by atoms with Crippen molar-refractivity contribution in [1.29, 1.82) is 0 Å². The number of ketones is 1. The van der Waals surface area contributed by atoms with Crippen LogP contribution in [0.25, 0.3) is 11.4 Å². The predicted octanol–water partition coefficient (Wildman–Crippen LogP) is 2.75. The summed E-state index contributed by atoms with van der Waals surface area (Å²) in [5.74, 6) is 1.71. The van der Waals surface area contributed by atoms with Crippen molar-refractivity contribution < 1.29 is 14.3 Å². The minimum absolute atomic E-state index is 0.0845. The summed E-state index contributed by atoms with van der Waals surface area (Å²) in [4.78, 5) is 22.8. The van der Waals surface area contributed by atoms with Gasteiger partial charge in [0.15, 0.2) is 18.2 Å². The maximum Gasteiger partial charge on any atom is 0.270 e. The van der Waals surface area contributed by atoms with E-state index in [1.807, 2.05) is 24.5 Å². The Kier molecular flexibility index (Phi) is 4.92. The quantitative estimate of drug-likeness (QED) is 0.294. The molecule has 0 aliphatic carbocycles. The molecule has 142 valence electrons. The lowest BCUT2D eigenvalue weighted by Gasteiger charge is -2.06. The SMILES string of the molecule is O=C(C[n+]1ccc(-c2nnc3n2CCCCC3)cc1)c1cccc([N+](=O)[O-])c1. The normalized spacial score (nSPS) is 13.6. The Morgan fingerprint density at radius 1 is 1.14 bits per heavy atom. The molecular formula is C20H20N5O3+. The summed E-state index contributed by atoms with van der Waals surface area (Å²) < 4.78 is 3.94. The van der Waals surface area contributed by atoms with Crippen LogP contribution in [0.5, 0.6) is 0 Å². The van der Waals surface area contributed by atoms with Crippen LogP contribution >= 0.6 is 0 Å². The Labute approximate surface area is 161 Å². The number of carbonyl (C=O) groups is 1. The Hall–Kier alpha value is -3.42. The van der Waals surface area contributed by atoms with Gasteiger partial charge in [0.1, 0.15) is 5.82 Å². The molecule has 0 fully saturated rings. The molecule has 4 rings (SSSR count). The number of hydrogen-bond donors (Lipinski definition) is 0. The Morgan fingerprint density at radius 3 is 2.75 bits per heavy atom. The van der Waals surface area contributed by atoms with Gasteiger partial charge in [-0.05, 0) is 12.8 Å². The van der Waals surface area contributed by atoms with Crippen LogP contribution in [0.15, 0.2) is 48.8 Å². The molecule has 3 aromatic rings. The monoisotopic (exact) mass is 378 g/mol. The largest absolute Gasteiger partial charge is 0.311 e. The first-order chi connectivity index (χ1) is 13.6. The number of nitro benzene ring substituents is 1. The molecule has 0 saturated carbocycles. The highest BCUT2D eigenvalue weighted by atomic mass is 16.6. The highest BCUT2D eigenvalue weighted by Gasteiger charge is 2.18. The summed E-state index contributed by atoms with van der Waals surface area (Å²) in [5, 5.41) is 19.6. The van der Waals surface area contributed by atoms with Gasteiger partial charge in [-0.1, -0.05) is 18.6 Å². The van der Waals surface area contributed by atoms with Crippen LogP contribution in [0.1, 0.15) is 35.4 Å². The van der Waals surface area contributed by atoms with E-state index in [1.54, 1.807) is 10.6 Å². The number of nitro groups is 1. The second-order valence-electron chi connectivity index (χ2n) is 6.89. The molecule has 0 atom stereocenters. The Morgan fingerprint density at radius 2 is 1.96 bits per heavy atom. The maximum absolute atomic E-state index is 12.5. The van der Waals surface area contributed by atoms with Crippen LogP contribution in [0.4, 0.5) is 5.69 Å². The molecule has 0 spiro atoms. The number of rotatable bonds is 5. The van der Waals surface area contributed by atoms with E-state index in [0.29, 0.717) is 5.56 Å². The molecule has 0 unspecified atom stereocenters. The van der Waals surface area contributed by atoms with Crippen LogP contribution in [0.2, 0.25) is 0 Å². The summed E-state index contributed by atoms with van der Waals surface area (Å²) in [6.45, 7) is 1.04. The number of hydrogen-bond acceptors (Lipinski definition) is 5. The number of non-ortho nitro benzene ring substituents is 1. The minimum Gasteiger partial charge on any atom is -0.311 e. The summed E-state index contributed by atoms with van der Waals surface area (Å²) in [7, 11) is 0. The summed E-state index contributed by atoms with van der Waals surface area (Å²) >= 11 is 0. The van der Waals surface area contributed by atoms with E-state index >= 15 is 0 Å². The molecule has 0 N–H and O–H groups in total. The van der Waals surface area contributed by atoms with Gasteiger partial charge < -0.3 is 4.57 Å². The van der Waals surface area contributed by atoms with E-state index in [9.17, 15) is 14.9 Å². The molecule has 0 bridgehead atoms. The van der Waals surface area contributed by atoms with Gasteiger partial charge in [-0.15, -0.1) is 10.2 Å². The van der Waals surface area contributed by atoms with E-state index in [0.717, 1.165) is 43.0 Å². The number of benzene rings is 1. The van der Waals surface area contributed by atoms with Crippen molar-refractivity contribution in [2.75, 3.05) is 0 Å². The first-order valence-corrected chi connectivity index (χ1v) is 9.31. The number of fused-ring (bicyclic) bond motifs is 1. The van der Waals surface area contributed by atoms with Crippen LogP contribution < -0.4 is 4.57 Å². The summed E-state index contributed by atoms with van der Waals surface area (Å²) in [6, 6.07) is 9.64. The van der Waals surface area contributed by atoms with E-state index in [1.165, 1.54) is 24.6 Å². The molecule has 0 radical (unpaired) electrons. The van der Waals surface area contributed by atoms with Crippen LogP contribution in [0.3, 0.4) is 0 Å². The molecule has 3 heterocycles. The van der Waals surface area contributed by atoms with Crippen LogP contribution in [-0.4, -0.2) is 25.5 Å². The van der Waals surface area contributed by atoms with E-state index in [2.05, 4.69) is 14.8 Å². The lowest BCUT2D eigenvalue weighted by atomic mass is 10.1. The molecule has 2 aromatic heterocycles. The van der Waals surface area contributed by atoms with Crippen LogP contribution in [-0.2, 0) is 19.5 Å². The second kappa shape index (κ2) is 7.67. The van der Waals surface area contributed by atoms with Crippen molar-refractivity contribution in [2.24, 2.45) is 0 Å². The number of carbonyl (C=O) groups excluding carboxylic acids is 1. The fourth-order valence-corrected chi connectivity index (χ4v) is 3.46. The van der Waals surface area contributed by atoms with Crippen molar-refractivity contribution >= 4 is 11.5 Å². The fourth-order valence-electron chi connectivity index (χ4n) is 3.46. The van der Waals surface area contributed by atoms with Gasteiger partial charge in [-0.3, -0.25) is 14.9 Å². The number of aromatic nitrogens is 4. The fraction of sp³-hybridized carbons (Fsp3) is 0.300. The molecule has 0 saturated heterocycles. The van der Waals surface area contributed by atoms with Crippen molar-refractivity contribution in [3.63, 3.8) is 0 Å². The molecule has 8 nitrogen and oxygen atoms in total. The third-order valence-electron chi connectivity index (χ3n) is 4.96. The second-order valence-corrected chi connectivity index (χ2v) is 6.89. The van der Waals surface area contributed by atoms with Crippen LogP contribution in [0, 0.1) is 10.1 Å². The summed E-state index contributed by atoms with van der Waals surface area (Å²) in [6.07, 6.45) is 8.08. The zero-order valence-electron chi connectivity index (χ0n) is 15.3. The van der Waals surface area contributed by atoms with Gasteiger partial charge >= 0.3 is 0 Å². The lowest BCUT2D eigenvalue weighted by Crippen LogP contribution is -2.37. The maximum atomic E-state index is 12.5. The molecule has 28 heavy (non-hydrogen) atoms. The first-order valence-electron chi connectivity index (χ1n) is 9.31. The summed E-state index contributed by atoms with van der Waals surface area (Å²) in [5.41, 5.74) is 1.20. The highest BCUT2D eigenvalue weighted by molar-refractivity contribution is 5.95. The Balaban J connectivity index is 1.51. The zero-order valence-corrected chi connectivity index (χ0v) is 15.3. The molecule has 1 aromatic carbocycles. The smallest absolute Gasteiger partial charge is 0.270 e. The topological polar surface area (TPSA) is 94.8 Å². The van der Waals surface area contributed by atoms with Gasteiger partial charge in [0.05, 0.1) is 4.92 Å². The standard InChI is InChI=1S/C20H20N5O3/c26-18(16-5-4-6-17(13-16)25(27)28)14-23-11-8-15(9-12-23)20-22-21-19-7-2-1-3-10-24(19)20/h4-6,8-9,11-13H,1-3,7,10,14H2/q+1. The van der Waals surface area contributed by atoms with Crippen molar-refractivity contribution in [3.05, 3.63) is 70.3 Å². The molecule has 1 aliphatic rings. The van der Waals surface area contributed by atoms with Gasteiger partial charge in [-0.25, -0.2) is 0 Å². The molecule has 8 heteroatoms. The van der Waals surface area contributed by atoms with E-state index in [-0.39, 0.29) is 18.0 Å². The number of pyridine rings is 1. The average molecular weight is 378 g/mol. The number of Topliss-reactive ketones (excluding diaryl/α,β-unsaturated/α-hetero) is 1. The molecular weight excluding hydrogens is 358 g/mol. The van der Waals surface area contributed by atoms with Gasteiger partial charge in [0, 0.05) is 48.4 Å². The minimum atomic E-state index is -0.500. The average Bonchev–Trinajstić information content (AvgIpc) is 2.96. The van der Waals surface area contributed by atoms with Crippen molar-refractivity contribution in [3.8, 4) is 11.4 Å². The lowest BCUT2D eigenvalue weighted by molar-refractivity contribution is -0.683. The zero-order chi connectivity index (χ0) is 19.5. The van der Waals surface area contributed by atoms with Gasteiger partial charge in [-0.2, -0.15) is 4.57 Å². The van der Waals surface area contributed by atoms with E-state index < -0.39 is 4.92 Å². The predicted molar refractivity (Wildman–Crippen MR) is 101 cm³/mol. The number of nitrogens with zero attached hydrogens (tertiary/aromatic N) is 5. The van der Waals surface area contributed by atoms with Crippen molar-refractivity contribution in [1.82, 2.24) is 14.8 Å². The van der Waals surface area contributed by atoms with Gasteiger partial charge in [0.25, 0.3) is 5.69 Å². The number of aryl methyl sites for hydroxylation is 1. The van der Waals surface area contributed by atoms with E-state index in [4.69, 9.17) is 0 Å².